The SMILES string of the molecule is COCCNC(=O)c1cccc(C=CC(=O)c2c(O)c3ccccc3[nH]c2=O)c1. The number of H-pyrrole nitrogens is 1. The van der Waals surface area contributed by atoms with Crippen LogP contribution in [0.1, 0.15) is 26.3 Å². The Bertz CT molecular complexity index is 1150. The van der Waals surface area contributed by atoms with Gasteiger partial charge in [-0.1, -0.05) is 30.3 Å². The number of ether oxygens (including phenoxy) is 1. The van der Waals surface area contributed by atoms with Crippen LogP contribution >= 0.6 is 0 Å². The van der Waals surface area contributed by atoms with E-state index in [-0.39, 0.29) is 17.2 Å². The van der Waals surface area contributed by atoms with Gasteiger partial charge in [0.2, 0.25) is 0 Å². The largest absolute Gasteiger partial charge is 0.506 e. The van der Waals surface area contributed by atoms with Gasteiger partial charge in [-0.3, -0.25) is 14.4 Å². The van der Waals surface area contributed by atoms with Crippen molar-refractivity contribution in [2.24, 2.45) is 0 Å². The molecule has 29 heavy (non-hydrogen) atoms. The van der Waals surface area contributed by atoms with Gasteiger partial charge in [0.05, 0.1) is 12.1 Å². The molecule has 0 radical (unpaired) electrons. The number of amides is 1. The fraction of sp³-hybridized carbons (Fsp3) is 0.136. The summed E-state index contributed by atoms with van der Waals surface area (Å²) in [7, 11) is 1.55. The quantitative estimate of drug-likeness (QED) is 0.325. The van der Waals surface area contributed by atoms with E-state index in [1.54, 1.807) is 55.6 Å². The number of benzene rings is 2. The lowest BCUT2D eigenvalue weighted by Gasteiger charge is -2.06. The Hall–Kier alpha value is -3.71. The van der Waals surface area contributed by atoms with Crippen molar-refractivity contribution in [1.82, 2.24) is 10.3 Å². The number of rotatable bonds is 7. The van der Waals surface area contributed by atoms with Gasteiger partial charge in [-0.2, -0.15) is 0 Å². The smallest absolute Gasteiger partial charge is 0.263 e. The summed E-state index contributed by atoms with van der Waals surface area (Å²) in [5, 5.41) is 13.5. The average molecular weight is 392 g/mol. The van der Waals surface area contributed by atoms with Gasteiger partial charge in [0.1, 0.15) is 11.3 Å². The Labute approximate surface area is 166 Å². The van der Waals surface area contributed by atoms with Crippen molar-refractivity contribution in [3.05, 3.63) is 81.7 Å². The standard InChI is InChI=1S/C22H20N2O5/c1-29-12-11-23-21(27)15-6-4-5-14(13-15)9-10-18(25)19-20(26)16-7-2-3-8-17(16)24-22(19)28/h2-10,13H,11-12H2,1H3,(H,23,27)(H2,24,26,28). The minimum Gasteiger partial charge on any atom is -0.506 e. The molecule has 148 valence electrons. The normalized spacial score (nSPS) is 11.1. The Kier molecular flexibility index (Phi) is 6.21. The lowest BCUT2D eigenvalue weighted by Crippen LogP contribution is -2.26. The van der Waals surface area contributed by atoms with E-state index in [9.17, 15) is 19.5 Å². The number of ketones is 1. The molecule has 2 aromatic carbocycles. The van der Waals surface area contributed by atoms with Crippen LogP contribution in [0.5, 0.6) is 5.75 Å². The minimum absolute atomic E-state index is 0.257. The zero-order valence-corrected chi connectivity index (χ0v) is 15.8. The molecule has 0 fully saturated rings. The molecular weight excluding hydrogens is 372 g/mol. The number of aromatic hydroxyl groups is 1. The number of hydrogen-bond acceptors (Lipinski definition) is 5. The number of carbonyl (C=O) groups is 2. The topological polar surface area (TPSA) is 108 Å². The number of methoxy groups -OCH3 is 1. The van der Waals surface area contributed by atoms with Crippen LogP contribution < -0.4 is 10.9 Å². The molecule has 3 rings (SSSR count). The third kappa shape index (κ3) is 4.59. The van der Waals surface area contributed by atoms with Gasteiger partial charge in [-0.25, -0.2) is 0 Å². The van der Waals surface area contributed by atoms with E-state index < -0.39 is 11.3 Å². The zero-order valence-electron chi connectivity index (χ0n) is 15.8. The summed E-state index contributed by atoms with van der Waals surface area (Å²) >= 11 is 0. The summed E-state index contributed by atoms with van der Waals surface area (Å²) in [6, 6.07) is 13.4. The Morgan fingerprint density at radius 1 is 1.17 bits per heavy atom. The highest BCUT2D eigenvalue weighted by molar-refractivity contribution is 6.11. The molecule has 7 heteroatoms. The number of pyridine rings is 1. The monoisotopic (exact) mass is 392 g/mol. The van der Waals surface area contributed by atoms with E-state index in [4.69, 9.17) is 4.74 Å². The molecule has 0 saturated carbocycles. The van der Waals surface area contributed by atoms with Gasteiger partial charge in [-0.05, 0) is 35.9 Å². The van der Waals surface area contributed by atoms with Crippen molar-refractivity contribution in [2.45, 2.75) is 0 Å². The summed E-state index contributed by atoms with van der Waals surface area (Å²) in [6.07, 6.45) is 2.68. The number of carbonyl (C=O) groups excluding carboxylic acids is 2. The highest BCUT2D eigenvalue weighted by atomic mass is 16.5. The molecule has 1 heterocycles. The molecule has 0 aliphatic carbocycles. The van der Waals surface area contributed by atoms with Gasteiger partial charge < -0.3 is 20.1 Å². The molecule has 3 N–H and O–H groups in total. The third-order valence-corrected chi connectivity index (χ3v) is 4.31. The van der Waals surface area contributed by atoms with Crippen molar-refractivity contribution >= 4 is 28.7 Å². The van der Waals surface area contributed by atoms with Crippen molar-refractivity contribution in [3.8, 4) is 5.75 Å². The van der Waals surface area contributed by atoms with E-state index in [1.807, 2.05) is 0 Å². The van der Waals surface area contributed by atoms with Crippen LogP contribution in [-0.4, -0.2) is 42.0 Å². The Morgan fingerprint density at radius 2 is 1.97 bits per heavy atom. The molecule has 3 aromatic rings. The molecule has 0 aliphatic rings. The molecule has 0 unspecified atom stereocenters. The second-order valence-corrected chi connectivity index (χ2v) is 6.30. The number of aromatic amines is 1. The van der Waals surface area contributed by atoms with Crippen molar-refractivity contribution in [2.75, 3.05) is 20.3 Å². The molecule has 0 saturated heterocycles. The van der Waals surface area contributed by atoms with Gasteiger partial charge in [-0.15, -0.1) is 0 Å². The van der Waals surface area contributed by atoms with Crippen molar-refractivity contribution in [3.63, 3.8) is 0 Å². The van der Waals surface area contributed by atoms with Crippen LogP contribution in [0.2, 0.25) is 0 Å². The van der Waals surface area contributed by atoms with Gasteiger partial charge >= 0.3 is 0 Å². The van der Waals surface area contributed by atoms with E-state index in [1.165, 1.54) is 12.2 Å². The van der Waals surface area contributed by atoms with Crippen LogP contribution in [0.25, 0.3) is 17.0 Å². The van der Waals surface area contributed by atoms with Crippen LogP contribution in [0.4, 0.5) is 0 Å². The molecule has 0 spiro atoms. The lowest BCUT2D eigenvalue weighted by atomic mass is 10.1. The number of hydrogen-bond donors (Lipinski definition) is 3. The average Bonchev–Trinajstić information content (AvgIpc) is 2.72. The Morgan fingerprint density at radius 3 is 2.76 bits per heavy atom. The fourth-order valence-corrected chi connectivity index (χ4v) is 2.86. The number of aromatic nitrogens is 1. The molecular formula is C22H20N2O5. The first-order valence-corrected chi connectivity index (χ1v) is 8.95. The predicted octanol–water partition coefficient (Wildman–Crippen LogP) is 2.51. The maximum absolute atomic E-state index is 12.5. The second kappa shape index (κ2) is 8.99. The number of fused-ring (bicyclic) bond motifs is 1. The summed E-state index contributed by atoms with van der Waals surface area (Å²) in [5.41, 5.74) is 0.495. The number of allylic oxidation sites excluding steroid dienone is 1. The Balaban J connectivity index is 1.83. The van der Waals surface area contributed by atoms with Crippen LogP contribution in [0.15, 0.2) is 59.4 Å². The summed E-state index contributed by atoms with van der Waals surface area (Å²) in [4.78, 5) is 39.5. The summed E-state index contributed by atoms with van der Waals surface area (Å²) < 4.78 is 4.89. The number of nitrogens with one attached hydrogen (secondary N) is 2. The second-order valence-electron chi connectivity index (χ2n) is 6.30. The lowest BCUT2D eigenvalue weighted by molar-refractivity contribution is 0.0936. The van der Waals surface area contributed by atoms with Crippen molar-refractivity contribution in [1.29, 1.82) is 0 Å². The van der Waals surface area contributed by atoms with Crippen LogP contribution in [0, 0.1) is 0 Å². The van der Waals surface area contributed by atoms with Gasteiger partial charge in [0.15, 0.2) is 5.78 Å². The highest BCUT2D eigenvalue weighted by Crippen LogP contribution is 2.25. The van der Waals surface area contributed by atoms with E-state index in [0.717, 1.165) is 0 Å². The van der Waals surface area contributed by atoms with Gasteiger partial charge in [0, 0.05) is 24.6 Å². The van der Waals surface area contributed by atoms with Crippen LogP contribution in [0.3, 0.4) is 0 Å². The highest BCUT2D eigenvalue weighted by Gasteiger charge is 2.17. The molecule has 0 atom stereocenters. The van der Waals surface area contributed by atoms with Gasteiger partial charge in [0.25, 0.3) is 11.5 Å². The zero-order chi connectivity index (χ0) is 20.8. The molecule has 1 aromatic heterocycles. The maximum atomic E-state index is 12.5. The summed E-state index contributed by atoms with van der Waals surface area (Å²) in [6.45, 7) is 0.793. The van der Waals surface area contributed by atoms with E-state index in [0.29, 0.717) is 35.2 Å². The first kappa shape index (κ1) is 20.0. The fourth-order valence-electron chi connectivity index (χ4n) is 2.86. The molecule has 0 aliphatic heterocycles. The van der Waals surface area contributed by atoms with E-state index in [2.05, 4.69) is 10.3 Å². The third-order valence-electron chi connectivity index (χ3n) is 4.31. The molecule has 7 nitrogen and oxygen atoms in total. The summed E-state index contributed by atoms with van der Waals surface area (Å²) in [5.74, 6) is -1.25. The van der Waals surface area contributed by atoms with E-state index >= 15 is 0 Å². The van der Waals surface area contributed by atoms with Crippen molar-refractivity contribution < 1.29 is 19.4 Å². The predicted molar refractivity (Wildman–Crippen MR) is 110 cm³/mol. The number of para-hydroxylation sites is 1. The first-order chi connectivity index (χ1) is 14.0. The molecule has 0 bridgehead atoms. The maximum Gasteiger partial charge on any atom is 0.263 e. The molecule has 1 amide bonds. The first-order valence-electron chi connectivity index (χ1n) is 8.95. The minimum atomic E-state index is -0.665. The van der Waals surface area contributed by atoms with Crippen LogP contribution in [-0.2, 0) is 4.74 Å².